The summed E-state index contributed by atoms with van der Waals surface area (Å²) >= 11 is 0. The maximum atomic E-state index is 13.1. The third-order valence-electron chi connectivity index (χ3n) is 4.40. The molecule has 28 heavy (non-hydrogen) atoms. The number of anilines is 2. The lowest BCUT2D eigenvalue weighted by atomic mass is 10.1. The molecule has 0 N–H and O–H groups in total. The van der Waals surface area contributed by atoms with Crippen molar-refractivity contribution in [2.45, 2.75) is 0 Å². The number of carbonyl (C=O) groups excluding carboxylic acids is 3. The van der Waals surface area contributed by atoms with Crippen LogP contribution in [0.25, 0.3) is 0 Å². The molecule has 0 spiro atoms. The smallest absolute Gasteiger partial charge is 0.289 e. The molecule has 1 aliphatic rings. The number of carbonyl (C=O) groups is 3. The lowest BCUT2D eigenvalue weighted by Gasteiger charge is -2.17. The van der Waals surface area contributed by atoms with Gasteiger partial charge < -0.3 is 0 Å². The monoisotopic (exact) mass is 368 g/mol. The molecular weight excluding hydrogens is 352 g/mol. The molecule has 0 aliphatic carbocycles. The number of imide groups is 1. The van der Waals surface area contributed by atoms with Crippen LogP contribution in [-0.2, 0) is 4.79 Å². The standard InChI is InChI=1S/C23H16N2O3/c26-21(17-10-4-1-5-11-17)16-20-22(27)25(19-14-8-3-9-15-19)23(28)24(20)18-12-6-2-7-13-18/h1-16H/b20-16+. The van der Waals surface area contributed by atoms with E-state index in [2.05, 4.69) is 0 Å². The lowest BCUT2D eigenvalue weighted by Crippen LogP contribution is -2.32. The van der Waals surface area contributed by atoms with Crippen molar-refractivity contribution in [2.24, 2.45) is 0 Å². The molecule has 0 bridgehead atoms. The van der Waals surface area contributed by atoms with E-state index in [-0.39, 0.29) is 11.5 Å². The summed E-state index contributed by atoms with van der Waals surface area (Å²) in [6.45, 7) is 0. The van der Waals surface area contributed by atoms with Crippen LogP contribution in [0.15, 0.2) is 103 Å². The first kappa shape index (κ1) is 17.4. The summed E-state index contributed by atoms with van der Waals surface area (Å²) in [4.78, 5) is 41.3. The first-order valence-electron chi connectivity index (χ1n) is 8.76. The summed E-state index contributed by atoms with van der Waals surface area (Å²) in [5, 5.41) is 0. The van der Waals surface area contributed by atoms with E-state index in [9.17, 15) is 14.4 Å². The zero-order valence-electron chi connectivity index (χ0n) is 14.9. The number of hydrogen-bond donors (Lipinski definition) is 0. The fraction of sp³-hybridized carbons (Fsp3) is 0. The second-order valence-corrected chi connectivity index (χ2v) is 6.19. The van der Waals surface area contributed by atoms with Gasteiger partial charge in [0, 0.05) is 11.6 Å². The van der Waals surface area contributed by atoms with Gasteiger partial charge in [-0.2, -0.15) is 0 Å². The summed E-state index contributed by atoms with van der Waals surface area (Å²) in [6.07, 6.45) is 1.23. The van der Waals surface area contributed by atoms with E-state index in [1.165, 1.54) is 11.0 Å². The van der Waals surface area contributed by atoms with Crippen LogP contribution in [0.5, 0.6) is 0 Å². The minimum atomic E-state index is -0.538. The van der Waals surface area contributed by atoms with Gasteiger partial charge in [-0.05, 0) is 24.3 Å². The first-order chi connectivity index (χ1) is 13.7. The van der Waals surface area contributed by atoms with Gasteiger partial charge in [-0.1, -0.05) is 66.7 Å². The number of amides is 3. The molecule has 0 saturated carbocycles. The van der Waals surface area contributed by atoms with E-state index >= 15 is 0 Å². The molecule has 1 saturated heterocycles. The Morgan fingerprint density at radius 2 is 1.11 bits per heavy atom. The topological polar surface area (TPSA) is 57.7 Å². The number of hydrogen-bond acceptors (Lipinski definition) is 3. The fourth-order valence-corrected chi connectivity index (χ4v) is 3.07. The summed E-state index contributed by atoms with van der Waals surface area (Å²) in [5.41, 5.74) is 1.44. The number of ketones is 1. The third-order valence-corrected chi connectivity index (χ3v) is 4.40. The van der Waals surface area contributed by atoms with Gasteiger partial charge in [0.15, 0.2) is 5.78 Å². The number of nitrogens with zero attached hydrogens (tertiary/aromatic N) is 2. The van der Waals surface area contributed by atoms with Crippen LogP contribution in [0, 0.1) is 0 Å². The molecule has 5 nitrogen and oxygen atoms in total. The minimum Gasteiger partial charge on any atom is -0.289 e. The predicted molar refractivity (Wildman–Crippen MR) is 107 cm³/mol. The molecule has 0 aromatic heterocycles. The number of benzene rings is 3. The Hall–Kier alpha value is -3.99. The first-order valence-corrected chi connectivity index (χ1v) is 8.76. The van der Waals surface area contributed by atoms with E-state index in [4.69, 9.17) is 0 Å². The lowest BCUT2D eigenvalue weighted by molar-refractivity contribution is -0.113. The van der Waals surface area contributed by atoms with Crippen molar-refractivity contribution in [1.82, 2.24) is 0 Å². The van der Waals surface area contributed by atoms with Gasteiger partial charge in [0.25, 0.3) is 5.91 Å². The Morgan fingerprint density at radius 1 is 0.643 bits per heavy atom. The molecule has 5 heteroatoms. The van der Waals surface area contributed by atoms with Crippen molar-refractivity contribution in [3.63, 3.8) is 0 Å². The molecule has 0 radical (unpaired) electrons. The van der Waals surface area contributed by atoms with Crippen LogP contribution in [-0.4, -0.2) is 17.7 Å². The van der Waals surface area contributed by atoms with E-state index in [0.717, 1.165) is 4.90 Å². The average molecular weight is 368 g/mol. The van der Waals surface area contributed by atoms with Crippen molar-refractivity contribution in [3.8, 4) is 0 Å². The Morgan fingerprint density at radius 3 is 1.64 bits per heavy atom. The van der Waals surface area contributed by atoms with Gasteiger partial charge in [-0.3, -0.25) is 14.5 Å². The second kappa shape index (κ2) is 7.32. The van der Waals surface area contributed by atoms with E-state index in [0.29, 0.717) is 16.9 Å². The van der Waals surface area contributed by atoms with E-state index in [1.54, 1.807) is 78.9 Å². The highest BCUT2D eigenvalue weighted by atomic mass is 16.2. The highest BCUT2D eigenvalue weighted by Gasteiger charge is 2.43. The van der Waals surface area contributed by atoms with Gasteiger partial charge in [-0.25, -0.2) is 9.69 Å². The van der Waals surface area contributed by atoms with Crippen LogP contribution in [0.4, 0.5) is 16.2 Å². The van der Waals surface area contributed by atoms with Crippen LogP contribution in [0.1, 0.15) is 10.4 Å². The zero-order chi connectivity index (χ0) is 19.5. The molecule has 3 amide bonds. The van der Waals surface area contributed by atoms with Crippen LogP contribution in [0.2, 0.25) is 0 Å². The fourth-order valence-electron chi connectivity index (χ4n) is 3.07. The van der Waals surface area contributed by atoms with Crippen molar-refractivity contribution >= 4 is 29.1 Å². The summed E-state index contributed by atoms with van der Waals surface area (Å²) < 4.78 is 0. The van der Waals surface area contributed by atoms with Crippen molar-refractivity contribution in [3.05, 3.63) is 108 Å². The normalized spacial score (nSPS) is 15.4. The molecule has 3 aromatic rings. The van der Waals surface area contributed by atoms with Crippen LogP contribution >= 0.6 is 0 Å². The molecule has 3 aromatic carbocycles. The molecule has 1 fully saturated rings. The molecule has 0 atom stereocenters. The third kappa shape index (κ3) is 3.10. The molecular formula is C23H16N2O3. The quantitative estimate of drug-likeness (QED) is 0.389. The van der Waals surface area contributed by atoms with Crippen LogP contribution < -0.4 is 9.80 Å². The van der Waals surface area contributed by atoms with E-state index in [1.807, 2.05) is 12.1 Å². The van der Waals surface area contributed by atoms with Gasteiger partial charge in [0.1, 0.15) is 5.70 Å². The Labute approximate surface area is 162 Å². The predicted octanol–water partition coefficient (Wildman–Crippen LogP) is 4.43. The Kier molecular flexibility index (Phi) is 4.56. The van der Waals surface area contributed by atoms with E-state index < -0.39 is 11.9 Å². The number of rotatable bonds is 4. The largest absolute Gasteiger partial charge is 0.340 e. The van der Waals surface area contributed by atoms with Gasteiger partial charge >= 0.3 is 6.03 Å². The van der Waals surface area contributed by atoms with Gasteiger partial charge in [0.2, 0.25) is 0 Å². The number of urea groups is 1. The maximum absolute atomic E-state index is 13.1. The summed E-state index contributed by atoms with van der Waals surface area (Å²) in [7, 11) is 0. The molecule has 0 unspecified atom stereocenters. The second-order valence-electron chi connectivity index (χ2n) is 6.19. The Bertz CT molecular complexity index is 1060. The van der Waals surface area contributed by atoms with Gasteiger partial charge in [0.05, 0.1) is 11.4 Å². The number of para-hydroxylation sites is 2. The zero-order valence-corrected chi connectivity index (χ0v) is 14.9. The van der Waals surface area contributed by atoms with Gasteiger partial charge in [-0.15, -0.1) is 0 Å². The molecule has 1 aliphatic heterocycles. The Balaban J connectivity index is 1.81. The highest BCUT2D eigenvalue weighted by Crippen LogP contribution is 2.32. The van der Waals surface area contributed by atoms with Crippen molar-refractivity contribution in [2.75, 3.05) is 9.80 Å². The van der Waals surface area contributed by atoms with Crippen molar-refractivity contribution < 1.29 is 14.4 Å². The molecule has 136 valence electrons. The van der Waals surface area contributed by atoms with Crippen molar-refractivity contribution in [1.29, 1.82) is 0 Å². The SMILES string of the molecule is O=C(/C=C1\C(=O)N(c2ccccc2)C(=O)N1c1ccccc1)c1ccccc1. The maximum Gasteiger partial charge on any atom is 0.340 e. The van der Waals surface area contributed by atoms with Crippen LogP contribution in [0.3, 0.4) is 0 Å². The highest BCUT2D eigenvalue weighted by molar-refractivity contribution is 6.35. The summed E-state index contributed by atoms with van der Waals surface area (Å²) in [5.74, 6) is -0.878. The summed E-state index contributed by atoms with van der Waals surface area (Å²) in [6, 6.07) is 25.6. The molecule has 4 rings (SSSR count). The molecule has 1 heterocycles. The average Bonchev–Trinajstić information content (AvgIpc) is 2.99. The minimum absolute atomic E-state index is 0.0221. The number of allylic oxidation sites excluding steroid dienone is 1.